The third kappa shape index (κ3) is 2.85. The van der Waals surface area contributed by atoms with Gasteiger partial charge in [-0.2, -0.15) is 13.2 Å². The van der Waals surface area contributed by atoms with E-state index in [1.54, 1.807) is 0 Å². The van der Waals surface area contributed by atoms with E-state index in [1.807, 2.05) is 0 Å². The summed E-state index contributed by atoms with van der Waals surface area (Å²) < 4.78 is 40.9. The third-order valence-electron chi connectivity index (χ3n) is 3.40. The molecule has 0 unspecified atom stereocenters. The normalized spacial score (nSPS) is 11.7. The second kappa shape index (κ2) is 5.84. The molecule has 1 heterocycles. The highest BCUT2D eigenvalue weighted by Crippen LogP contribution is 2.39. The Morgan fingerprint density at radius 2 is 1.95 bits per heavy atom. The molecule has 0 amide bonds. The number of hydrogen-bond donors (Lipinski definition) is 1. The summed E-state index contributed by atoms with van der Waals surface area (Å²) in [5, 5.41) is 16.3. The van der Waals surface area contributed by atoms with Gasteiger partial charge >= 0.3 is 12.1 Å². The van der Waals surface area contributed by atoms with Crippen LogP contribution in [0.15, 0.2) is 30.5 Å². The number of benzene rings is 1. The van der Waals surface area contributed by atoms with Crippen LogP contribution in [0.5, 0.6) is 0 Å². The second-order valence-corrected chi connectivity index (χ2v) is 4.81. The van der Waals surface area contributed by atoms with Gasteiger partial charge in [-0.1, -0.05) is 18.2 Å². The maximum atomic E-state index is 13.2. The Bertz CT molecular complexity index is 705. The molecule has 2 aromatic rings. The average molecular weight is 314 g/mol. The van der Waals surface area contributed by atoms with Crippen molar-refractivity contribution in [2.45, 2.75) is 19.6 Å². The first-order chi connectivity index (χ1) is 10.3. The molecular formula is C15H15F3NO3+. The SMILES string of the molecule is Cc1c(C(=O)[OH2+])cn(CCO)c1-c1ccccc1C(F)(F)F. The maximum absolute atomic E-state index is 13.2. The first-order valence-electron chi connectivity index (χ1n) is 6.50. The van der Waals surface area contributed by atoms with Crippen molar-refractivity contribution >= 4 is 5.97 Å². The minimum atomic E-state index is -4.54. The predicted molar refractivity (Wildman–Crippen MR) is 74.6 cm³/mol. The Morgan fingerprint density at radius 1 is 1.32 bits per heavy atom. The molecule has 0 aliphatic rings. The fraction of sp³-hybridized carbons (Fsp3) is 0.267. The molecule has 0 fully saturated rings. The van der Waals surface area contributed by atoms with E-state index in [0.717, 1.165) is 6.07 Å². The van der Waals surface area contributed by atoms with Gasteiger partial charge in [-0.25, -0.2) is 0 Å². The summed E-state index contributed by atoms with van der Waals surface area (Å²) >= 11 is 0. The Morgan fingerprint density at radius 3 is 2.50 bits per heavy atom. The molecule has 4 nitrogen and oxygen atoms in total. The molecule has 22 heavy (non-hydrogen) atoms. The number of carbonyl (C=O) groups is 1. The predicted octanol–water partition coefficient (Wildman–Crippen LogP) is 2.34. The van der Waals surface area contributed by atoms with Gasteiger partial charge in [-0.05, 0) is 18.6 Å². The Labute approximate surface area is 124 Å². The molecule has 118 valence electrons. The molecule has 0 aliphatic heterocycles. The van der Waals surface area contributed by atoms with E-state index in [0.29, 0.717) is 5.56 Å². The molecular weight excluding hydrogens is 299 g/mol. The Hall–Kier alpha value is -2.28. The van der Waals surface area contributed by atoms with Crippen molar-refractivity contribution in [3.63, 3.8) is 0 Å². The molecule has 0 saturated carbocycles. The molecule has 0 saturated heterocycles. The molecule has 0 atom stereocenters. The van der Waals surface area contributed by atoms with Crippen molar-refractivity contribution in [2.75, 3.05) is 6.61 Å². The smallest absolute Gasteiger partial charge is 0.550 e. The number of alkyl halides is 3. The van der Waals surface area contributed by atoms with E-state index >= 15 is 0 Å². The van der Waals surface area contributed by atoms with Crippen LogP contribution in [0.4, 0.5) is 13.2 Å². The molecule has 1 aromatic heterocycles. The Kier molecular flexibility index (Phi) is 4.27. The number of hydrogen-bond acceptors (Lipinski definition) is 2. The average Bonchev–Trinajstić information content (AvgIpc) is 2.75. The first kappa shape index (κ1) is 16.1. The van der Waals surface area contributed by atoms with Gasteiger partial charge in [0.25, 0.3) is 0 Å². The summed E-state index contributed by atoms with van der Waals surface area (Å²) in [6.07, 6.45) is -3.23. The Balaban J connectivity index is 2.75. The van der Waals surface area contributed by atoms with E-state index in [-0.39, 0.29) is 30.0 Å². The molecule has 1 aromatic carbocycles. The summed E-state index contributed by atoms with van der Waals surface area (Å²) in [5.74, 6) is -0.972. The minimum Gasteiger partial charge on any atom is -0.561 e. The van der Waals surface area contributed by atoms with Gasteiger partial charge in [-0.15, -0.1) is 0 Å². The van der Waals surface area contributed by atoms with E-state index < -0.39 is 17.7 Å². The van der Waals surface area contributed by atoms with Gasteiger partial charge in [0.05, 0.1) is 17.9 Å². The summed E-state index contributed by atoms with van der Waals surface area (Å²) in [4.78, 5) is 11.3. The van der Waals surface area contributed by atoms with E-state index in [9.17, 15) is 18.0 Å². The van der Waals surface area contributed by atoms with Crippen LogP contribution in [0.1, 0.15) is 21.5 Å². The van der Waals surface area contributed by atoms with Crippen LogP contribution < -0.4 is 0 Å². The fourth-order valence-corrected chi connectivity index (χ4v) is 2.47. The number of nitrogens with zero attached hydrogens (tertiary/aromatic N) is 1. The summed E-state index contributed by atoms with van der Waals surface area (Å²) in [6.45, 7) is 1.24. The van der Waals surface area contributed by atoms with Crippen molar-refractivity contribution in [3.05, 3.63) is 47.2 Å². The van der Waals surface area contributed by atoms with Crippen molar-refractivity contribution < 1.29 is 28.2 Å². The van der Waals surface area contributed by atoms with E-state index in [1.165, 1.54) is 35.9 Å². The largest absolute Gasteiger partial charge is 0.561 e. The van der Waals surface area contributed by atoms with Gasteiger partial charge < -0.3 is 14.8 Å². The highest BCUT2D eigenvalue weighted by atomic mass is 19.4. The van der Waals surface area contributed by atoms with E-state index in [2.05, 4.69) is 0 Å². The van der Waals surface area contributed by atoms with Crippen molar-refractivity contribution in [1.29, 1.82) is 0 Å². The number of halogens is 3. The van der Waals surface area contributed by atoms with Gasteiger partial charge in [0.2, 0.25) is 0 Å². The molecule has 0 radical (unpaired) electrons. The van der Waals surface area contributed by atoms with Crippen LogP contribution in [0.25, 0.3) is 11.3 Å². The standard InChI is InChI=1S/C15H14F3NO3/c1-9-11(14(21)22)8-19(6-7-20)13(9)10-4-2-3-5-12(10)15(16,17)18/h2-5,8,20H,6-7H2,1H3,(H,21,22)/p+1. The number of aliphatic hydroxyl groups excluding tert-OH is 1. The van der Waals surface area contributed by atoms with Gasteiger partial charge in [0.15, 0.2) is 0 Å². The minimum absolute atomic E-state index is 0.0282. The van der Waals surface area contributed by atoms with Crippen LogP contribution in [0, 0.1) is 6.92 Å². The highest BCUT2D eigenvalue weighted by molar-refractivity contribution is 5.92. The quantitative estimate of drug-likeness (QED) is 0.880. The zero-order valence-electron chi connectivity index (χ0n) is 11.7. The van der Waals surface area contributed by atoms with Crippen LogP contribution in [0.3, 0.4) is 0 Å². The molecule has 3 N–H and O–H groups in total. The number of carbonyl (C=O) groups excluding carboxylic acids is 1. The van der Waals surface area contributed by atoms with Crippen LogP contribution in [-0.4, -0.2) is 27.4 Å². The molecule has 0 spiro atoms. The lowest BCUT2D eigenvalue weighted by molar-refractivity contribution is -0.137. The van der Waals surface area contributed by atoms with Crippen molar-refractivity contribution in [2.24, 2.45) is 0 Å². The molecule has 7 heteroatoms. The van der Waals surface area contributed by atoms with Gasteiger partial charge in [0.1, 0.15) is 5.56 Å². The highest BCUT2D eigenvalue weighted by Gasteiger charge is 2.35. The van der Waals surface area contributed by atoms with E-state index in [4.69, 9.17) is 10.2 Å². The van der Waals surface area contributed by atoms with Crippen molar-refractivity contribution in [3.8, 4) is 11.3 Å². The van der Waals surface area contributed by atoms with Gasteiger partial charge in [-0.3, -0.25) is 0 Å². The third-order valence-corrected chi connectivity index (χ3v) is 3.40. The number of aliphatic hydroxyl groups is 1. The maximum Gasteiger partial charge on any atom is 0.550 e. The summed E-state index contributed by atoms with van der Waals surface area (Å²) in [5.41, 5.74) is -0.379. The molecule has 0 bridgehead atoms. The van der Waals surface area contributed by atoms with Crippen LogP contribution in [-0.2, 0) is 12.7 Å². The zero-order valence-corrected chi connectivity index (χ0v) is 11.7. The van der Waals surface area contributed by atoms with Crippen LogP contribution in [0.2, 0.25) is 0 Å². The second-order valence-electron chi connectivity index (χ2n) is 4.81. The lowest BCUT2D eigenvalue weighted by Gasteiger charge is -2.15. The zero-order chi connectivity index (χ0) is 16.5. The lowest BCUT2D eigenvalue weighted by atomic mass is 10.00. The van der Waals surface area contributed by atoms with Crippen molar-refractivity contribution in [1.82, 2.24) is 4.57 Å². The van der Waals surface area contributed by atoms with Crippen LogP contribution >= 0.6 is 0 Å². The number of aromatic nitrogens is 1. The fourth-order valence-electron chi connectivity index (χ4n) is 2.47. The summed E-state index contributed by atoms with van der Waals surface area (Å²) in [6, 6.07) is 5.05. The lowest BCUT2D eigenvalue weighted by Crippen LogP contribution is -2.10. The summed E-state index contributed by atoms with van der Waals surface area (Å²) in [7, 11) is 0. The molecule has 0 aliphatic carbocycles. The first-order valence-corrected chi connectivity index (χ1v) is 6.50. The number of rotatable bonds is 4. The van der Waals surface area contributed by atoms with Gasteiger partial charge in [0, 0.05) is 23.1 Å². The molecule has 2 rings (SSSR count). The topological polar surface area (TPSA) is 65.1 Å². The monoisotopic (exact) mass is 314 g/mol.